The molecule has 0 aliphatic carbocycles. The van der Waals surface area contributed by atoms with E-state index in [9.17, 15) is 0 Å². The molecule has 0 fully saturated rings. The van der Waals surface area contributed by atoms with Gasteiger partial charge in [-0.15, -0.1) is 0 Å². The Kier molecular flexibility index (Phi) is 6.49. The van der Waals surface area contributed by atoms with Crippen LogP contribution in [0.4, 0.5) is 0 Å². The zero-order valence-electron chi connectivity index (χ0n) is 12.5. The van der Waals surface area contributed by atoms with Gasteiger partial charge in [-0.2, -0.15) is 0 Å². The van der Waals surface area contributed by atoms with E-state index in [-0.39, 0.29) is 0 Å². The van der Waals surface area contributed by atoms with E-state index in [1.54, 1.807) is 6.20 Å². The summed E-state index contributed by atoms with van der Waals surface area (Å²) in [5.74, 6) is 0.857. The maximum absolute atomic E-state index is 5.72. The summed E-state index contributed by atoms with van der Waals surface area (Å²) in [7, 11) is 0. The van der Waals surface area contributed by atoms with Crippen molar-refractivity contribution in [3.63, 3.8) is 0 Å². The van der Waals surface area contributed by atoms with Gasteiger partial charge >= 0.3 is 0 Å². The molecule has 0 amide bonds. The van der Waals surface area contributed by atoms with Gasteiger partial charge in [-0.1, -0.05) is 43.3 Å². The molecule has 0 bridgehead atoms. The first-order valence-electron chi connectivity index (χ1n) is 7.38. The zero-order chi connectivity index (χ0) is 14.8. The Bertz CT molecular complexity index is 552. The van der Waals surface area contributed by atoms with Crippen molar-refractivity contribution in [3.05, 3.63) is 66.0 Å². The zero-order valence-corrected chi connectivity index (χ0v) is 12.5. The lowest BCUT2D eigenvalue weighted by molar-refractivity contribution is 0.362. The summed E-state index contributed by atoms with van der Waals surface area (Å²) in [5.41, 5.74) is 2.19. The molecule has 0 saturated carbocycles. The second-order valence-electron chi connectivity index (χ2n) is 4.78. The van der Waals surface area contributed by atoms with Crippen molar-refractivity contribution in [2.45, 2.75) is 19.9 Å². The van der Waals surface area contributed by atoms with E-state index in [2.05, 4.69) is 35.4 Å². The Labute approximate surface area is 126 Å². The van der Waals surface area contributed by atoms with E-state index in [1.807, 2.05) is 36.4 Å². The maximum atomic E-state index is 5.72. The summed E-state index contributed by atoms with van der Waals surface area (Å²) in [6.45, 7) is 4.50. The van der Waals surface area contributed by atoms with Crippen molar-refractivity contribution in [2.24, 2.45) is 0 Å². The number of pyridine rings is 1. The summed E-state index contributed by atoms with van der Waals surface area (Å²) in [4.78, 5) is 4.33. The highest BCUT2D eigenvalue weighted by Gasteiger charge is 1.97. The molecule has 110 valence electrons. The molecule has 0 radical (unpaired) electrons. The van der Waals surface area contributed by atoms with Gasteiger partial charge in [0.2, 0.25) is 0 Å². The third kappa shape index (κ3) is 5.79. The van der Waals surface area contributed by atoms with Crippen molar-refractivity contribution >= 4 is 6.08 Å². The van der Waals surface area contributed by atoms with Gasteiger partial charge in [-0.05, 0) is 30.7 Å². The van der Waals surface area contributed by atoms with Crippen LogP contribution in [0.2, 0.25) is 0 Å². The van der Waals surface area contributed by atoms with Crippen LogP contribution < -0.4 is 10.1 Å². The average molecular weight is 282 g/mol. The molecule has 2 rings (SSSR count). The van der Waals surface area contributed by atoms with E-state index in [0.717, 1.165) is 31.0 Å². The van der Waals surface area contributed by atoms with Crippen molar-refractivity contribution in [1.29, 1.82) is 0 Å². The van der Waals surface area contributed by atoms with Gasteiger partial charge < -0.3 is 10.1 Å². The standard InChI is InChI=1S/C18H22N2O/c1-2-11-19-15-17-14-18(10-12-20-17)21-13-6-9-16-7-4-3-5-8-16/h3-10,12,14,19H,2,11,13,15H2,1H3. The van der Waals surface area contributed by atoms with Gasteiger partial charge in [0.25, 0.3) is 0 Å². The lowest BCUT2D eigenvalue weighted by Gasteiger charge is -2.06. The Balaban J connectivity index is 1.80. The average Bonchev–Trinajstić information content (AvgIpc) is 2.53. The second-order valence-corrected chi connectivity index (χ2v) is 4.78. The second kappa shape index (κ2) is 8.93. The fourth-order valence-corrected chi connectivity index (χ4v) is 1.93. The summed E-state index contributed by atoms with van der Waals surface area (Å²) in [5, 5.41) is 3.34. The molecule has 0 saturated heterocycles. The van der Waals surface area contributed by atoms with Crippen LogP contribution in [-0.4, -0.2) is 18.1 Å². The molecule has 0 aliphatic heterocycles. The fourth-order valence-electron chi connectivity index (χ4n) is 1.93. The minimum absolute atomic E-state index is 0.556. The van der Waals surface area contributed by atoms with Crippen LogP contribution in [0.1, 0.15) is 24.6 Å². The van der Waals surface area contributed by atoms with Gasteiger partial charge in [0, 0.05) is 18.8 Å². The van der Waals surface area contributed by atoms with E-state index in [1.165, 1.54) is 5.56 Å². The van der Waals surface area contributed by atoms with Crippen LogP contribution >= 0.6 is 0 Å². The Hall–Kier alpha value is -2.13. The highest BCUT2D eigenvalue weighted by Crippen LogP contribution is 2.11. The first-order chi connectivity index (χ1) is 10.4. The molecular weight excluding hydrogens is 260 g/mol. The van der Waals surface area contributed by atoms with Crippen molar-refractivity contribution in [3.8, 4) is 5.75 Å². The predicted molar refractivity (Wildman–Crippen MR) is 87.2 cm³/mol. The molecular formula is C18H22N2O. The topological polar surface area (TPSA) is 34.1 Å². The molecule has 0 unspecified atom stereocenters. The molecule has 1 aromatic heterocycles. The molecule has 2 aromatic rings. The van der Waals surface area contributed by atoms with Gasteiger partial charge in [0.15, 0.2) is 0 Å². The molecule has 21 heavy (non-hydrogen) atoms. The highest BCUT2D eigenvalue weighted by atomic mass is 16.5. The van der Waals surface area contributed by atoms with Gasteiger partial charge in [0.1, 0.15) is 12.4 Å². The van der Waals surface area contributed by atoms with E-state index < -0.39 is 0 Å². The van der Waals surface area contributed by atoms with Crippen LogP contribution in [0.3, 0.4) is 0 Å². The minimum atomic E-state index is 0.556. The van der Waals surface area contributed by atoms with Crippen LogP contribution in [0.15, 0.2) is 54.7 Å². The summed E-state index contributed by atoms with van der Waals surface area (Å²) in [6, 6.07) is 14.1. The third-order valence-corrected chi connectivity index (χ3v) is 2.98. The van der Waals surface area contributed by atoms with Crippen LogP contribution in [-0.2, 0) is 6.54 Å². The van der Waals surface area contributed by atoms with Crippen molar-refractivity contribution in [2.75, 3.05) is 13.2 Å². The Morgan fingerprint density at radius 3 is 2.86 bits per heavy atom. The Morgan fingerprint density at radius 1 is 1.19 bits per heavy atom. The van der Waals surface area contributed by atoms with Crippen molar-refractivity contribution in [1.82, 2.24) is 10.3 Å². The van der Waals surface area contributed by atoms with Gasteiger partial charge in [-0.25, -0.2) is 0 Å². The number of nitrogens with zero attached hydrogens (tertiary/aromatic N) is 1. The van der Waals surface area contributed by atoms with Gasteiger partial charge in [-0.3, -0.25) is 4.98 Å². The SMILES string of the molecule is CCCNCc1cc(OCC=Cc2ccccc2)ccn1. The van der Waals surface area contributed by atoms with Crippen LogP contribution in [0, 0.1) is 0 Å². The lowest BCUT2D eigenvalue weighted by atomic mass is 10.2. The quantitative estimate of drug-likeness (QED) is 0.750. The number of aromatic nitrogens is 1. The number of ether oxygens (including phenoxy) is 1. The normalized spacial score (nSPS) is 10.9. The summed E-state index contributed by atoms with van der Waals surface area (Å²) >= 11 is 0. The number of benzene rings is 1. The summed E-state index contributed by atoms with van der Waals surface area (Å²) < 4.78 is 5.72. The first kappa shape index (κ1) is 15.3. The molecule has 0 atom stereocenters. The third-order valence-electron chi connectivity index (χ3n) is 2.98. The summed E-state index contributed by atoms with van der Waals surface area (Å²) in [6.07, 6.45) is 7.00. The van der Waals surface area contributed by atoms with E-state index in [4.69, 9.17) is 4.74 Å². The number of rotatable bonds is 8. The largest absolute Gasteiger partial charge is 0.489 e. The predicted octanol–water partition coefficient (Wildman–Crippen LogP) is 3.67. The molecule has 1 aromatic carbocycles. The minimum Gasteiger partial charge on any atom is -0.489 e. The number of hydrogen-bond acceptors (Lipinski definition) is 3. The van der Waals surface area contributed by atoms with Gasteiger partial charge in [0.05, 0.1) is 5.69 Å². The van der Waals surface area contributed by atoms with Crippen LogP contribution in [0.5, 0.6) is 5.75 Å². The molecule has 3 nitrogen and oxygen atoms in total. The molecule has 1 heterocycles. The lowest BCUT2D eigenvalue weighted by Crippen LogP contribution is -2.14. The Morgan fingerprint density at radius 2 is 2.05 bits per heavy atom. The van der Waals surface area contributed by atoms with Crippen molar-refractivity contribution < 1.29 is 4.74 Å². The molecule has 0 spiro atoms. The van der Waals surface area contributed by atoms with E-state index in [0.29, 0.717) is 6.61 Å². The molecule has 3 heteroatoms. The maximum Gasteiger partial charge on any atom is 0.123 e. The fraction of sp³-hybridized carbons (Fsp3) is 0.278. The smallest absolute Gasteiger partial charge is 0.123 e. The van der Waals surface area contributed by atoms with E-state index >= 15 is 0 Å². The number of hydrogen-bond donors (Lipinski definition) is 1. The highest BCUT2D eigenvalue weighted by molar-refractivity contribution is 5.48. The molecule has 1 N–H and O–H groups in total. The monoisotopic (exact) mass is 282 g/mol. The molecule has 0 aliphatic rings. The first-order valence-corrected chi connectivity index (χ1v) is 7.38. The van der Waals surface area contributed by atoms with Crippen LogP contribution in [0.25, 0.3) is 6.08 Å². The number of nitrogens with one attached hydrogen (secondary N) is 1.